The van der Waals surface area contributed by atoms with Crippen LogP contribution in [-0.2, 0) is 4.79 Å². The van der Waals surface area contributed by atoms with Crippen LogP contribution in [0.15, 0.2) is 16.7 Å². The largest absolute Gasteiger partial charge is 0.481 e. The Hall–Kier alpha value is -1.78. The van der Waals surface area contributed by atoms with E-state index in [1.54, 1.807) is 11.0 Å². The molecule has 0 aromatic carbocycles. The Kier molecular flexibility index (Phi) is 3.64. The van der Waals surface area contributed by atoms with Crippen LogP contribution < -0.4 is 0 Å². The normalized spacial score (nSPS) is 18.3. The zero-order valence-corrected chi connectivity index (χ0v) is 11.3. The van der Waals surface area contributed by atoms with E-state index in [2.05, 4.69) is 0 Å². The quantitative estimate of drug-likeness (QED) is 0.910. The third-order valence-corrected chi connectivity index (χ3v) is 4.19. The van der Waals surface area contributed by atoms with Crippen LogP contribution in [0.25, 0.3) is 0 Å². The van der Waals surface area contributed by atoms with Crippen molar-refractivity contribution in [2.45, 2.75) is 33.1 Å². The van der Waals surface area contributed by atoms with Crippen LogP contribution in [0.5, 0.6) is 0 Å². The van der Waals surface area contributed by atoms with Crippen molar-refractivity contribution in [2.24, 2.45) is 5.41 Å². The average molecular weight is 265 g/mol. The van der Waals surface area contributed by atoms with Gasteiger partial charge in [-0.1, -0.05) is 6.92 Å². The number of carboxylic acids is 1. The Labute approximate surface area is 112 Å². The maximum absolute atomic E-state index is 12.2. The summed E-state index contributed by atoms with van der Waals surface area (Å²) in [7, 11) is 0. The second-order valence-electron chi connectivity index (χ2n) is 5.16. The lowest BCUT2D eigenvalue weighted by Gasteiger charge is -2.38. The summed E-state index contributed by atoms with van der Waals surface area (Å²) in [5.74, 6) is -0.534. The van der Waals surface area contributed by atoms with Crippen molar-refractivity contribution in [3.05, 3.63) is 23.7 Å². The molecule has 1 fully saturated rings. The number of furan rings is 1. The predicted octanol–water partition coefficient (Wildman–Crippen LogP) is 2.31. The molecule has 0 radical (unpaired) electrons. The lowest BCUT2D eigenvalue weighted by atomic mass is 9.76. The van der Waals surface area contributed by atoms with E-state index in [0.717, 1.165) is 5.56 Å². The fourth-order valence-corrected chi connectivity index (χ4v) is 2.59. The lowest BCUT2D eigenvalue weighted by molar-refractivity contribution is -0.152. The van der Waals surface area contributed by atoms with Gasteiger partial charge in [-0.15, -0.1) is 0 Å². The van der Waals surface area contributed by atoms with Gasteiger partial charge in [0.25, 0.3) is 5.91 Å². The molecule has 0 atom stereocenters. The first kappa shape index (κ1) is 13.6. The van der Waals surface area contributed by atoms with Crippen LogP contribution in [-0.4, -0.2) is 35.0 Å². The van der Waals surface area contributed by atoms with Crippen LogP contribution in [0.2, 0.25) is 0 Å². The van der Waals surface area contributed by atoms with Crippen molar-refractivity contribution in [1.82, 2.24) is 4.90 Å². The zero-order chi connectivity index (χ0) is 14.0. The third kappa shape index (κ3) is 2.37. The van der Waals surface area contributed by atoms with Gasteiger partial charge in [-0.2, -0.15) is 0 Å². The van der Waals surface area contributed by atoms with Gasteiger partial charge in [0.15, 0.2) is 5.76 Å². The predicted molar refractivity (Wildman–Crippen MR) is 68.9 cm³/mol. The molecule has 1 aromatic rings. The molecule has 1 aliphatic heterocycles. The Morgan fingerprint density at radius 3 is 2.47 bits per heavy atom. The first-order chi connectivity index (χ1) is 9.00. The number of carbonyl (C=O) groups excluding carboxylic acids is 1. The number of nitrogens with zero attached hydrogens (tertiary/aromatic N) is 1. The minimum Gasteiger partial charge on any atom is -0.481 e. The van der Waals surface area contributed by atoms with E-state index in [9.17, 15) is 14.7 Å². The van der Waals surface area contributed by atoms with E-state index in [-0.39, 0.29) is 5.91 Å². The minimum absolute atomic E-state index is 0.141. The van der Waals surface area contributed by atoms with Crippen molar-refractivity contribution in [1.29, 1.82) is 0 Å². The van der Waals surface area contributed by atoms with Gasteiger partial charge in [-0.25, -0.2) is 0 Å². The van der Waals surface area contributed by atoms with Crippen molar-refractivity contribution >= 4 is 11.9 Å². The molecule has 2 heterocycles. The standard InChI is InChI=1S/C14H19NO4/c1-3-14(13(17)18)5-7-15(8-6-14)12(16)11-10(2)4-9-19-11/h4,9H,3,5-8H2,1-2H3,(H,17,18). The second-order valence-corrected chi connectivity index (χ2v) is 5.16. The Bertz CT molecular complexity index is 483. The topological polar surface area (TPSA) is 70.8 Å². The molecule has 0 spiro atoms. The summed E-state index contributed by atoms with van der Waals surface area (Å²) in [5, 5.41) is 9.32. The number of hydrogen-bond donors (Lipinski definition) is 1. The van der Waals surface area contributed by atoms with Gasteiger partial charge in [0.1, 0.15) is 0 Å². The van der Waals surface area contributed by atoms with Crippen LogP contribution in [0.4, 0.5) is 0 Å². The van der Waals surface area contributed by atoms with Crippen LogP contribution in [0, 0.1) is 12.3 Å². The van der Waals surface area contributed by atoms with E-state index in [1.165, 1.54) is 6.26 Å². The van der Waals surface area contributed by atoms with Gasteiger partial charge in [-0.3, -0.25) is 9.59 Å². The van der Waals surface area contributed by atoms with E-state index >= 15 is 0 Å². The summed E-state index contributed by atoms with van der Waals surface area (Å²) in [6, 6.07) is 1.75. The van der Waals surface area contributed by atoms with Crippen LogP contribution >= 0.6 is 0 Å². The van der Waals surface area contributed by atoms with E-state index < -0.39 is 11.4 Å². The average Bonchev–Trinajstić information content (AvgIpc) is 2.84. The zero-order valence-electron chi connectivity index (χ0n) is 11.3. The molecule has 1 saturated heterocycles. The first-order valence-electron chi connectivity index (χ1n) is 6.57. The van der Waals surface area contributed by atoms with Gasteiger partial charge in [-0.05, 0) is 32.3 Å². The maximum atomic E-state index is 12.2. The molecule has 0 saturated carbocycles. The smallest absolute Gasteiger partial charge is 0.309 e. The van der Waals surface area contributed by atoms with E-state index in [1.807, 2.05) is 13.8 Å². The molecule has 0 bridgehead atoms. The molecule has 1 aromatic heterocycles. The van der Waals surface area contributed by atoms with E-state index in [4.69, 9.17) is 4.42 Å². The summed E-state index contributed by atoms with van der Waals surface area (Å²) in [4.78, 5) is 25.3. The van der Waals surface area contributed by atoms with Crippen molar-refractivity contribution in [2.75, 3.05) is 13.1 Å². The molecule has 1 aliphatic rings. The maximum Gasteiger partial charge on any atom is 0.309 e. The molecular weight excluding hydrogens is 246 g/mol. The van der Waals surface area contributed by atoms with E-state index in [0.29, 0.717) is 38.1 Å². The van der Waals surface area contributed by atoms with Gasteiger partial charge in [0.05, 0.1) is 11.7 Å². The molecule has 1 N–H and O–H groups in total. The van der Waals surface area contributed by atoms with Crippen molar-refractivity contribution in [3.63, 3.8) is 0 Å². The molecule has 19 heavy (non-hydrogen) atoms. The first-order valence-corrected chi connectivity index (χ1v) is 6.57. The summed E-state index contributed by atoms with van der Waals surface area (Å²) in [5.41, 5.74) is 0.144. The Morgan fingerprint density at radius 1 is 1.42 bits per heavy atom. The summed E-state index contributed by atoms with van der Waals surface area (Å²) in [6.45, 7) is 4.66. The van der Waals surface area contributed by atoms with Gasteiger partial charge in [0, 0.05) is 18.7 Å². The van der Waals surface area contributed by atoms with Gasteiger partial charge in [0.2, 0.25) is 0 Å². The number of carbonyl (C=O) groups is 2. The summed E-state index contributed by atoms with van der Waals surface area (Å²) < 4.78 is 5.20. The fraction of sp³-hybridized carbons (Fsp3) is 0.571. The molecule has 0 unspecified atom stereocenters. The molecule has 104 valence electrons. The molecular formula is C14H19NO4. The van der Waals surface area contributed by atoms with Crippen molar-refractivity contribution in [3.8, 4) is 0 Å². The highest BCUT2D eigenvalue weighted by Crippen LogP contribution is 2.35. The number of carboxylic acid groups (broad SMARTS) is 1. The number of amides is 1. The van der Waals surface area contributed by atoms with Crippen LogP contribution in [0.1, 0.15) is 42.3 Å². The lowest BCUT2D eigenvalue weighted by Crippen LogP contribution is -2.46. The van der Waals surface area contributed by atoms with Gasteiger partial charge < -0.3 is 14.4 Å². The minimum atomic E-state index is -0.753. The molecule has 5 heteroatoms. The SMILES string of the molecule is CCC1(C(=O)O)CCN(C(=O)c2occc2C)CC1. The molecule has 2 rings (SSSR count). The Balaban J connectivity index is 2.06. The number of aryl methyl sites for hydroxylation is 1. The number of aliphatic carboxylic acids is 1. The number of likely N-dealkylation sites (tertiary alicyclic amines) is 1. The summed E-state index contributed by atoms with van der Waals surface area (Å²) >= 11 is 0. The van der Waals surface area contributed by atoms with Gasteiger partial charge >= 0.3 is 5.97 Å². The number of hydrogen-bond acceptors (Lipinski definition) is 3. The third-order valence-electron chi connectivity index (χ3n) is 4.19. The van der Waals surface area contributed by atoms with Crippen LogP contribution in [0.3, 0.4) is 0 Å². The monoisotopic (exact) mass is 265 g/mol. The summed E-state index contributed by atoms with van der Waals surface area (Å²) in [6.07, 6.45) is 3.11. The fourth-order valence-electron chi connectivity index (χ4n) is 2.59. The molecule has 5 nitrogen and oxygen atoms in total. The second kappa shape index (κ2) is 5.07. The highest BCUT2D eigenvalue weighted by Gasteiger charge is 2.41. The number of piperidine rings is 1. The van der Waals surface area contributed by atoms with Crippen molar-refractivity contribution < 1.29 is 19.1 Å². The molecule has 1 amide bonds. The Morgan fingerprint density at radius 2 is 2.05 bits per heavy atom. The number of rotatable bonds is 3. The molecule has 0 aliphatic carbocycles. The highest BCUT2D eigenvalue weighted by molar-refractivity contribution is 5.93. The highest BCUT2D eigenvalue weighted by atomic mass is 16.4.